The van der Waals surface area contributed by atoms with Gasteiger partial charge in [-0.25, -0.2) is 0 Å². The van der Waals surface area contributed by atoms with E-state index in [9.17, 15) is 29.1 Å². The van der Waals surface area contributed by atoms with Crippen molar-refractivity contribution in [1.82, 2.24) is 10.6 Å². The van der Waals surface area contributed by atoms with Gasteiger partial charge in [-0.05, 0) is 124 Å². The van der Waals surface area contributed by atoms with Crippen LogP contribution in [0.4, 0.5) is 0 Å². The van der Waals surface area contributed by atoms with Gasteiger partial charge < -0.3 is 34.7 Å². The number of carbonyl (C=O) groups is 5. The number of hydrogen-bond acceptors (Lipinski definition) is 10. The number of benzene rings is 2. The predicted molar refractivity (Wildman–Crippen MR) is 231 cm³/mol. The highest BCUT2D eigenvalue weighted by atomic mass is 16.6. The number of esters is 3. The number of aliphatic hydroxyl groups is 1. The van der Waals surface area contributed by atoms with Gasteiger partial charge in [0.15, 0.2) is 0 Å². The molecule has 2 aromatic carbocycles. The summed E-state index contributed by atoms with van der Waals surface area (Å²) in [6.07, 6.45) is 9.91. The van der Waals surface area contributed by atoms with Gasteiger partial charge in [-0.15, -0.1) is 0 Å². The van der Waals surface area contributed by atoms with Crippen LogP contribution in [0.25, 0.3) is 11.1 Å². The van der Waals surface area contributed by atoms with Crippen molar-refractivity contribution in [3.05, 3.63) is 80.3 Å². The fourth-order valence-corrected chi connectivity index (χ4v) is 9.31. The highest BCUT2D eigenvalue weighted by molar-refractivity contribution is 6.25. The van der Waals surface area contributed by atoms with Crippen molar-refractivity contribution in [3.8, 4) is 0 Å². The summed E-state index contributed by atoms with van der Waals surface area (Å²) in [5.41, 5.74) is 8.58. The first kappa shape index (κ1) is 47.9. The Labute approximate surface area is 355 Å². The van der Waals surface area contributed by atoms with E-state index in [0.29, 0.717) is 29.7 Å². The lowest BCUT2D eigenvalue weighted by atomic mass is 9.78. The molecule has 0 aromatic heterocycles. The first-order valence-electron chi connectivity index (χ1n) is 21.4. The normalized spacial score (nSPS) is 23.4. The van der Waals surface area contributed by atoms with Gasteiger partial charge in [-0.1, -0.05) is 63.1 Å². The Bertz CT molecular complexity index is 1950. The van der Waals surface area contributed by atoms with E-state index in [-0.39, 0.29) is 35.8 Å². The van der Waals surface area contributed by atoms with Gasteiger partial charge in [-0.2, -0.15) is 0 Å². The molecule has 0 saturated heterocycles. The zero-order valence-electron chi connectivity index (χ0n) is 37.6. The van der Waals surface area contributed by atoms with Crippen molar-refractivity contribution in [2.24, 2.45) is 0 Å². The van der Waals surface area contributed by atoms with Gasteiger partial charge in [0, 0.05) is 35.0 Å². The fraction of sp³-hybridized carbons (Fsp3) is 0.562. The minimum absolute atomic E-state index is 0.137. The van der Waals surface area contributed by atoms with Crippen molar-refractivity contribution in [2.75, 3.05) is 14.2 Å². The summed E-state index contributed by atoms with van der Waals surface area (Å²) in [6.45, 7) is 16.3. The molecule has 6 rings (SSSR count). The van der Waals surface area contributed by atoms with Crippen LogP contribution in [0, 0.1) is 13.8 Å². The van der Waals surface area contributed by atoms with Crippen molar-refractivity contribution in [1.29, 1.82) is 0 Å². The Morgan fingerprint density at radius 3 is 1.30 bits per heavy atom. The van der Waals surface area contributed by atoms with E-state index < -0.39 is 23.0 Å². The first-order chi connectivity index (χ1) is 28.4. The molecule has 2 aliphatic heterocycles. The molecular formula is C48H66N2O10. The van der Waals surface area contributed by atoms with E-state index in [1.165, 1.54) is 31.9 Å². The van der Waals surface area contributed by atoms with Gasteiger partial charge in [0.25, 0.3) is 11.8 Å². The molecule has 2 amide bonds. The molecule has 3 N–H and O–H groups in total. The molecule has 2 aromatic rings. The van der Waals surface area contributed by atoms with Crippen LogP contribution in [-0.2, 0) is 68.6 Å². The van der Waals surface area contributed by atoms with Crippen LogP contribution in [0.5, 0.6) is 0 Å². The number of amides is 2. The standard InChI is InChI=1S/C23H31NO4.C21H29NO3.C4H6O3/c1-6-16-12-14(3)13-17(7-2)19(16)20-21(28-15(4)25)23(24-22(20)26)10-8-18(27-5)9-11-23;1-5-14-11-13(3)12-15(6-2)17(14)18-19(23)21(22-20(18)24)9-7-16(25-4)8-10-21;1-3(5)7-4(2)6/h12-13,18H,6-11H2,1-5H3,(H,24,26);11-12,16,23H,5-10H2,1-4H3,(H,22,24);1-2H3. The van der Waals surface area contributed by atoms with Gasteiger partial charge >= 0.3 is 17.9 Å². The second-order valence-corrected chi connectivity index (χ2v) is 16.4. The largest absolute Gasteiger partial charge is 0.509 e. The van der Waals surface area contributed by atoms with Crippen LogP contribution in [0.2, 0.25) is 0 Å². The van der Waals surface area contributed by atoms with Crippen molar-refractivity contribution in [2.45, 2.75) is 163 Å². The Balaban J connectivity index is 0.000000230. The summed E-state index contributed by atoms with van der Waals surface area (Å²) < 4.78 is 20.7. The van der Waals surface area contributed by atoms with Crippen LogP contribution in [0.15, 0.2) is 35.8 Å². The molecule has 2 fully saturated rings. The summed E-state index contributed by atoms with van der Waals surface area (Å²) >= 11 is 0. The van der Waals surface area contributed by atoms with Gasteiger partial charge in [0.1, 0.15) is 11.5 Å². The van der Waals surface area contributed by atoms with Crippen LogP contribution < -0.4 is 10.6 Å². The second-order valence-electron chi connectivity index (χ2n) is 16.4. The van der Waals surface area contributed by atoms with Crippen LogP contribution in [0.3, 0.4) is 0 Å². The number of methoxy groups -OCH3 is 2. The lowest BCUT2D eigenvalue weighted by Gasteiger charge is -2.37. The monoisotopic (exact) mass is 830 g/mol. The third kappa shape index (κ3) is 10.5. The van der Waals surface area contributed by atoms with E-state index in [0.717, 1.165) is 97.6 Å². The molecule has 60 heavy (non-hydrogen) atoms. The maximum Gasteiger partial charge on any atom is 0.310 e. The minimum atomic E-state index is -0.617. The number of carbonyl (C=O) groups excluding carboxylic acids is 5. The molecule has 12 nitrogen and oxygen atoms in total. The maximum absolute atomic E-state index is 13.2. The minimum Gasteiger partial charge on any atom is -0.509 e. The highest BCUT2D eigenvalue weighted by Gasteiger charge is 2.51. The van der Waals surface area contributed by atoms with E-state index in [4.69, 9.17) is 14.2 Å². The van der Waals surface area contributed by atoms with E-state index in [1.54, 1.807) is 14.2 Å². The molecule has 0 radical (unpaired) electrons. The van der Waals surface area contributed by atoms with Crippen molar-refractivity contribution >= 4 is 40.9 Å². The molecule has 2 spiro atoms. The average molecular weight is 831 g/mol. The van der Waals surface area contributed by atoms with Gasteiger partial charge in [-0.3, -0.25) is 24.0 Å². The lowest BCUT2D eigenvalue weighted by Crippen LogP contribution is -2.49. The first-order valence-corrected chi connectivity index (χ1v) is 21.4. The Morgan fingerprint density at radius 2 is 0.967 bits per heavy atom. The summed E-state index contributed by atoms with van der Waals surface area (Å²) in [4.78, 5) is 57.7. The SMILES string of the molecule is CC(=O)OC(C)=O.CCc1cc(C)cc(CC)c1C1=C(O)C2(CCC(OC)CC2)NC1=O.CCc1cc(C)cc(CC)c1C1=C(OC(C)=O)C2(CCC(OC)CC2)NC1=O. The quantitative estimate of drug-likeness (QED) is 0.168. The predicted octanol–water partition coefficient (Wildman–Crippen LogP) is 7.79. The average Bonchev–Trinajstić information content (AvgIpc) is 3.59. The molecule has 2 aliphatic carbocycles. The lowest BCUT2D eigenvalue weighted by molar-refractivity contribution is -0.156. The van der Waals surface area contributed by atoms with Crippen molar-refractivity contribution < 1.29 is 48.0 Å². The van der Waals surface area contributed by atoms with Crippen LogP contribution in [-0.4, -0.2) is 72.3 Å². The van der Waals surface area contributed by atoms with E-state index in [2.05, 4.69) is 81.2 Å². The Hall–Kier alpha value is -4.81. The van der Waals surface area contributed by atoms with E-state index >= 15 is 0 Å². The molecule has 2 heterocycles. The summed E-state index contributed by atoms with van der Waals surface area (Å²) in [5, 5.41) is 17.4. The van der Waals surface area contributed by atoms with Crippen LogP contribution >= 0.6 is 0 Å². The third-order valence-electron chi connectivity index (χ3n) is 12.2. The highest BCUT2D eigenvalue weighted by Crippen LogP contribution is 2.46. The smallest absolute Gasteiger partial charge is 0.310 e. The number of rotatable bonds is 9. The van der Waals surface area contributed by atoms with Crippen LogP contribution in [0.1, 0.15) is 144 Å². The number of aryl methyl sites for hydroxylation is 6. The molecule has 0 unspecified atom stereocenters. The van der Waals surface area contributed by atoms with Gasteiger partial charge in [0.05, 0.1) is 34.4 Å². The second kappa shape index (κ2) is 20.6. The molecule has 328 valence electrons. The fourth-order valence-electron chi connectivity index (χ4n) is 9.31. The summed E-state index contributed by atoms with van der Waals surface area (Å²) in [7, 11) is 3.45. The van der Waals surface area contributed by atoms with Gasteiger partial charge in [0.2, 0.25) is 0 Å². The zero-order valence-corrected chi connectivity index (χ0v) is 37.6. The molecule has 0 bridgehead atoms. The third-order valence-corrected chi connectivity index (χ3v) is 12.2. The molecule has 2 saturated carbocycles. The summed E-state index contributed by atoms with van der Waals surface area (Å²) in [5.74, 6) is -1.05. The Kier molecular flexibility index (Phi) is 16.5. The number of hydrogen-bond donors (Lipinski definition) is 3. The van der Waals surface area contributed by atoms with Crippen molar-refractivity contribution in [3.63, 3.8) is 0 Å². The molecular weight excluding hydrogens is 765 g/mol. The number of aliphatic hydroxyl groups excluding tert-OH is 1. The molecule has 12 heteroatoms. The van der Waals surface area contributed by atoms with E-state index in [1.807, 2.05) is 0 Å². The Morgan fingerprint density at radius 1 is 0.617 bits per heavy atom. The molecule has 0 atom stereocenters. The zero-order chi connectivity index (χ0) is 44.5. The topological polar surface area (TPSA) is 167 Å². The summed E-state index contributed by atoms with van der Waals surface area (Å²) in [6, 6.07) is 8.53. The number of nitrogens with one attached hydrogen (secondary N) is 2. The number of ether oxygens (including phenoxy) is 4. The maximum atomic E-state index is 13.2. The molecule has 4 aliphatic rings.